The maximum Gasteiger partial charge on any atom is 0.238 e. The van der Waals surface area contributed by atoms with Gasteiger partial charge in [0.15, 0.2) is 0 Å². The first-order valence-electron chi connectivity index (χ1n) is 6.60. The Labute approximate surface area is 130 Å². The molecule has 0 aromatic heterocycles. The zero-order valence-corrected chi connectivity index (χ0v) is 13.6. The average Bonchev–Trinajstić information content (AvgIpc) is 2.32. The lowest BCUT2D eigenvalue weighted by Crippen LogP contribution is -2.35. The maximum atomic E-state index is 12.1. The van der Waals surface area contributed by atoms with E-state index in [0.717, 1.165) is 13.1 Å². The van der Waals surface area contributed by atoms with Crippen LogP contribution in [0.1, 0.15) is 20.8 Å². The van der Waals surface area contributed by atoms with Crippen LogP contribution in [0.25, 0.3) is 0 Å². The molecule has 112 valence electrons. The molecule has 0 fully saturated rings. The summed E-state index contributed by atoms with van der Waals surface area (Å²) in [6.45, 7) is 8.26. The number of benzene rings is 1. The molecule has 0 atom stereocenters. The van der Waals surface area contributed by atoms with Crippen LogP contribution in [0.15, 0.2) is 12.1 Å². The van der Waals surface area contributed by atoms with Crippen LogP contribution in [-0.2, 0) is 4.79 Å². The Morgan fingerprint density at radius 2 is 2.05 bits per heavy atom. The van der Waals surface area contributed by atoms with Crippen molar-refractivity contribution < 1.29 is 4.79 Å². The zero-order valence-electron chi connectivity index (χ0n) is 12.0. The summed E-state index contributed by atoms with van der Waals surface area (Å²) in [7, 11) is 0. The third kappa shape index (κ3) is 5.19. The van der Waals surface area contributed by atoms with E-state index < -0.39 is 0 Å². The van der Waals surface area contributed by atoms with Crippen LogP contribution in [0.2, 0.25) is 10.0 Å². The second-order valence-electron chi connectivity index (χ2n) is 5.12. The third-order valence-electron chi connectivity index (χ3n) is 2.79. The van der Waals surface area contributed by atoms with Crippen LogP contribution in [-0.4, -0.2) is 30.4 Å². The summed E-state index contributed by atoms with van der Waals surface area (Å²) in [4.78, 5) is 14.1. The van der Waals surface area contributed by atoms with E-state index >= 15 is 0 Å². The summed E-state index contributed by atoms with van der Waals surface area (Å²) in [6.07, 6.45) is 0. The van der Waals surface area contributed by atoms with E-state index in [1.54, 1.807) is 12.1 Å². The number of amides is 1. The summed E-state index contributed by atoms with van der Waals surface area (Å²) in [6, 6.07) is 3.12. The van der Waals surface area contributed by atoms with E-state index in [1.807, 2.05) is 6.92 Å². The molecule has 0 bridgehead atoms. The molecular formula is C14H21Cl2N3O. The molecule has 0 heterocycles. The minimum absolute atomic E-state index is 0.136. The maximum absolute atomic E-state index is 12.1. The minimum Gasteiger partial charge on any atom is -0.397 e. The van der Waals surface area contributed by atoms with E-state index in [1.165, 1.54) is 0 Å². The number of carbonyl (C=O) groups is 1. The largest absolute Gasteiger partial charge is 0.397 e. The van der Waals surface area contributed by atoms with Crippen molar-refractivity contribution in [1.29, 1.82) is 0 Å². The fourth-order valence-electron chi connectivity index (χ4n) is 1.93. The molecule has 1 amide bonds. The number of carbonyl (C=O) groups excluding carboxylic acids is 1. The van der Waals surface area contributed by atoms with Gasteiger partial charge in [-0.1, -0.05) is 44.0 Å². The molecule has 0 unspecified atom stereocenters. The Bertz CT molecular complexity index is 454. The molecule has 0 spiro atoms. The van der Waals surface area contributed by atoms with Crippen molar-refractivity contribution in [3.05, 3.63) is 22.2 Å². The molecule has 0 aliphatic heterocycles. The number of halogens is 2. The van der Waals surface area contributed by atoms with Crippen LogP contribution < -0.4 is 11.1 Å². The van der Waals surface area contributed by atoms with E-state index in [2.05, 4.69) is 24.1 Å². The van der Waals surface area contributed by atoms with Crippen molar-refractivity contribution in [3.63, 3.8) is 0 Å². The number of anilines is 2. The van der Waals surface area contributed by atoms with Crippen LogP contribution in [0.3, 0.4) is 0 Å². The fraction of sp³-hybridized carbons (Fsp3) is 0.500. The molecular weight excluding hydrogens is 297 g/mol. The molecule has 0 aliphatic carbocycles. The number of hydrogen-bond donors (Lipinski definition) is 2. The van der Waals surface area contributed by atoms with Gasteiger partial charge in [-0.05, 0) is 24.6 Å². The lowest BCUT2D eigenvalue weighted by molar-refractivity contribution is -0.117. The van der Waals surface area contributed by atoms with Crippen molar-refractivity contribution in [2.45, 2.75) is 20.8 Å². The summed E-state index contributed by atoms with van der Waals surface area (Å²) >= 11 is 11.9. The van der Waals surface area contributed by atoms with Crippen LogP contribution in [0.4, 0.5) is 11.4 Å². The first-order valence-corrected chi connectivity index (χ1v) is 7.35. The van der Waals surface area contributed by atoms with Gasteiger partial charge in [0, 0.05) is 11.6 Å². The smallest absolute Gasteiger partial charge is 0.238 e. The van der Waals surface area contributed by atoms with Gasteiger partial charge in [0.1, 0.15) is 0 Å². The molecule has 0 saturated carbocycles. The van der Waals surface area contributed by atoms with E-state index in [4.69, 9.17) is 28.9 Å². The number of rotatable bonds is 6. The predicted molar refractivity (Wildman–Crippen MR) is 86.5 cm³/mol. The summed E-state index contributed by atoms with van der Waals surface area (Å²) in [5.74, 6) is 0.371. The summed E-state index contributed by atoms with van der Waals surface area (Å²) in [5.41, 5.74) is 6.60. The highest BCUT2D eigenvalue weighted by molar-refractivity contribution is 6.37. The third-order valence-corrected chi connectivity index (χ3v) is 3.30. The van der Waals surface area contributed by atoms with Crippen LogP contribution >= 0.6 is 23.2 Å². The molecule has 1 rings (SSSR count). The number of likely N-dealkylation sites (N-methyl/N-ethyl adjacent to an activating group) is 1. The second-order valence-corrected chi connectivity index (χ2v) is 5.97. The lowest BCUT2D eigenvalue weighted by atomic mass is 10.2. The standard InChI is InChI=1S/C14H21Cl2N3O/c1-4-19(7-9(2)3)8-13(20)18-14-11(16)5-10(15)6-12(14)17/h5-6,9H,4,7-8,17H2,1-3H3,(H,18,20). The highest BCUT2D eigenvalue weighted by atomic mass is 35.5. The fourth-order valence-corrected chi connectivity index (χ4v) is 2.49. The Morgan fingerprint density at radius 3 is 2.55 bits per heavy atom. The topological polar surface area (TPSA) is 58.4 Å². The molecule has 3 N–H and O–H groups in total. The van der Waals surface area contributed by atoms with Gasteiger partial charge in [-0.2, -0.15) is 0 Å². The number of nitrogens with two attached hydrogens (primary N) is 1. The SMILES string of the molecule is CCN(CC(=O)Nc1c(N)cc(Cl)cc1Cl)CC(C)C. The molecule has 1 aromatic rings. The molecule has 4 nitrogen and oxygen atoms in total. The van der Waals surface area contributed by atoms with E-state index in [0.29, 0.717) is 33.9 Å². The van der Waals surface area contributed by atoms with Crippen molar-refractivity contribution >= 4 is 40.5 Å². The molecule has 0 aliphatic rings. The number of nitrogen functional groups attached to an aromatic ring is 1. The Balaban J connectivity index is 2.71. The van der Waals surface area contributed by atoms with E-state index in [9.17, 15) is 4.79 Å². The number of nitrogens with one attached hydrogen (secondary N) is 1. The highest BCUT2D eigenvalue weighted by Crippen LogP contribution is 2.31. The van der Waals surface area contributed by atoms with Gasteiger partial charge in [-0.15, -0.1) is 0 Å². The summed E-state index contributed by atoms with van der Waals surface area (Å²) in [5, 5.41) is 3.54. The normalized spacial score (nSPS) is 11.2. The van der Waals surface area contributed by atoms with Gasteiger partial charge >= 0.3 is 0 Å². The van der Waals surface area contributed by atoms with Crippen molar-refractivity contribution in [3.8, 4) is 0 Å². The Morgan fingerprint density at radius 1 is 1.40 bits per heavy atom. The molecule has 0 saturated heterocycles. The van der Waals surface area contributed by atoms with Crippen molar-refractivity contribution in [2.24, 2.45) is 5.92 Å². The summed E-state index contributed by atoms with van der Waals surface area (Å²) < 4.78 is 0. The van der Waals surface area contributed by atoms with Gasteiger partial charge in [-0.25, -0.2) is 0 Å². The van der Waals surface area contributed by atoms with Gasteiger partial charge in [0.2, 0.25) is 5.91 Å². The van der Waals surface area contributed by atoms with Crippen LogP contribution in [0.5, 0.6) is 0 Å². The van der Waals surface area contributed by atoms with Crippen molar-refractivity contribution in [2.75, 3.05) is 30.7 Å². The Hall–Kier alpha value is -0.970. The first kappa shape index (κ1) is 17.1. The van der Waals surface area contributed by atoms with Gasteiger partial charge in [-0.3, -0.25) is 9.69 Å². The minimum atomic E-state index is -0.136. The number of nitrogens with zero attached hydrogens (tertiary/aromatic N) is 1. The van der Waals surface area contributed by atoms with Crippen LogP contribution in [0, 0.1) is 5.92 Å². The average molecular weight is 318 g/mol. The van der Waals surface area contributed by atoms with Gasteiger partial charge in [0.05, 0.1) is 22.9 Å². The van der Waals surface area contributed by atoms with Gasteiger partial charge in [0.25, 0.3) is 0 Å². The van der Waals surface area contributed by atoms with E-state index in [-0.39, 0.29) is 5.91 Å². The highest BCUT2D eigenvalue weighted by Gasteiger charge is 2.14. The quantitative estimate of drug-likeness (QED) is 0.789. The lowest BCUT2D eigenvalue weighted by Gasteiger charge is -2.22. The first-order chi connectivity index (χ1) is 9.33. The zero-order chi connectivity index (χ0) is 15.3. The molecule has 20 heavy (non-hydrogen) atoms. The monoisotopic (exact) mass is 317 g/mol. The second kappa shape index (κ2) is 7.72. The molecule has 0 radical (unpaired) electrons. The number of hydrogen-bond acceptors (Lipinski definition) is 3. The predicted octanol–water partition coefficient (Wildman–Crippen LogP) is 3.49. The van der Waals surface area contributed by atoms with Gasteiger partial charge < -0.3 is 11.1 Å². The Kier molecular flexibility index (Phi) is 6.59. The van der Waals surface area contributed by atoms with Crippen molar-refractivity contribution in [1.82, 2.24) is 4.90 Å². The molecule has 6 heteroatoms. The molecule has 1 aromatic carbocycles.